The number of amides is 1. The Labute approximate surface area is 136 Å². The van der Waals surface area contributed by atoms with E-state index in [2.05, 4.69) is 4.90 Å². The van der Waals surface area contributed by atoms with Gasteiger partial charge in [0.2, 0.25) is 5.91 Å². The maximum absolute atomic E-state index is 13.8. The number of carbonyl (C=O) groups is 1. The molecule has 1 aliphatic heterocycles. The lowest BCUT2D eigenvalue weighted by Gasteiger charge is -2.41. The summed E-state index contributed by atoms with van der Waals surface area (Å²) in [5.74, 6) is -0.128. The van der Waals surface area contributed by atoms with E-state index in [0.29, 0.717) is 12.1 Å². The van der Waals surface area contributed by atoms with Crippen LogP contribution in [0, 0.1) is 12.7 Å². The number of hydrogen-bond donors (Lipinski definition) is 0. The number of para-hydroxylation sites is 2. The van der Waals surface area contributed by atoms with Crippen molar-refractivity contribution in [3.05, 3.63) is 59.4 Å². The van der Waals surface area contributed by atoms with Gasteiger partial charge < -0.3 is 9.80 Å². The summed E-state index contributed by atoms with van der Waals surface area (Å²) in [6.07, 6.45) is 0. The van der Waals surface area contributed by atoms with Crippen LogP contribution in [0.25, 0.3) is 0 Å². The summed E-state index contributed by atoms with van der Waals surface area (Å²) >= 11 is 0. The van der Waals surface area contributed by atoms with Crippen LogP contribution >= 0.6 is 0 Å². The fourth-order valence-corrected chi connectivity index (χ4v) is 3.26. The van der Waals surface area contributed by atoms with Gasteiger partial charge in [0.25, 0.3) is 0 Å². The minimum atomic E-state index is -0.175. The Morgan fingerprint density at radius 1 is 1.22 bits per heavy atom. The van der Waals surface area contributed by atoms with E-state index in [4.69, 9.17) is 0 Å². The number of fused-ring (bicyclic) bond motifs is 1. The van der Waals surface area contributed by atoms with Crippen LogP contribution < -0.4 is 9.80 Å². The molecule has 3 nitrogen and oxygen atoms in total. The second kappa shape index (κ2) is 6.03. The molecule has 1 heterocycles. The summed E-state index contributed by atoms with van der Waals surface area (Å²) in [6.45, 7) is 6.76. The first-order valence-corrected chi connectivity index (χ1v) is 7.86. The van der Waals surface area contributed by atoms with E-state index < -0.39 is 0 Å². The molecule has 3 rings (SSSR count). The Morgan fingerprint density at radius 2 is 1.91 bits per heavy atom. The molecule has 1 amide bonds. The topological polar surface area (TPSA) is 23.6 Å². The van der Waals surface area contributed by atoms with Crippen LogP contribution in [0.2, 0.25) is 0 Å². The van der Waals surface area contributed by atoms with Gasteiger partial charge in [0, 0.05) is 20.0 Å². The van der Waals surface area contributed by atoms with Gasteiger partial charge in [-0.2, -0.15) is 0 Å². The van der Waals surface area contributed by atoms with Crippen molar-refractivity contribution >= 4 is 17.3 Å². The van der Waals surface area contributed by atoms with Crippen molar-refractivity contribution in [1.82, 2.24) is 0 Å². The molecule has 120 valence electrons. The molecular formula is C19H21FN2O. The van der Waals surface area contributed by atoms with Gasteiger partial charge in [-0.1, -0.05) is 24.3 Å². The monoisotopic (exact) mass is 312 g/mol. The zero-order chi connectivity index (χ0) is 16.6. The van der Waals surface area contributed by atoms with Gasteiger partial charge in [0.1, 0.15) is 5.82 Å². The molecule has 0 radical (unpaired) electrons. The molecule has 0 N–H and O–H groups in total. The molecular weight excluding hydrogens is 291 g/mol. The van der Waals surface area contributed by atoms with Crippen LogP contribution in [-0.4, -0.2) is 18.5 Å². The first kappa shape index (κ1) is 15.5. The lowest BCUT2D eigenvalue weighted by Crippen LogP contribution is -2.49. The van der Waals surface area contributed by atoms with Crippen LogP contribution in [0.4, 0.5) is 15.8 Å². The van der Waals surface area contributed by atoms with E-state index in [1.807, 2.05) is 48.2 Å². The number of benzene rings is 2. The normalized spacial score (nSPS) is 17.1. The van der Waals surface area contributed by atoms with Gasteiger partial charge in [0.05, 0.1) is 17.4 Å². The Bertz CT molecular complexity index is 744. The number of aryl methyl sites for hydroxylation is 1. The summed E-state index contributed by atoms with van der Waals surface area (Å²) in [5.41, 5.74) is 3.53. The SMILES string of the molecule is CC(=O)N1c2ccccc2N(Cc2ccc(C)c(F)c2)C[C@@H]1C. The molecule has 0 unspecified atom stereocenters. The number of rotatable bonds is 2. The summed E-state index contributed by atoms with van der Waals surface area (Å²) < 4.78 is 13.8. The highest BCUT2D eigenvalue weighted by molar-refractivity contribution is 5.97. The molecule has 0 fully saturated rings. The van der Waals surface area contributed by atoms with Crippen molar-refractivity contribution in [2.75, 3.05) is 16.3 Å². The number of anilines is 2. The summed E-state index contributed by atoms with van der Waals surface area (Å²) in [4.78, 5) is 16.0. The van der Waals surface area contributed by atoms with Crippen molar-refractivity contribution in [3.63, 3.8) is 0 Å². The molecule has 0 spiro atoms. The molecule has 0 saturated heterocycles. The van der Waals surface area contributed by atoms with Crippen LogP contribution in [0.1, 0.15) is 25.0 Å². The third-order valence-electron chi connectivity index (χ3n) is 4.36. The zero-order valence-corrected chi connectivity index (χ0v) is 13.7. The molecule has 4 heteroatoms. The summed E-state index contributed by atoms with van der Waals surface area (Å²) in [7, 11) is 0. The van der Waals surface area contributed by atoms with Crippen molar-refractivity contribution in [3.8, 4) is 0 Å². The molecule has 2 aromatic carbocycles. The maximum atomic E-state index is 13.8. The van der Waals surface area contributed by atoms with Gasteiger partial charge in [-0.25, -0.2) is 4.39 Å². The van der Waals surface area contributed by atoms with Crippen LogP contribution in [0.3, 0.4) is 0 Å². The van der Waals surface area contributed by atoms with Crippen LogP contribution in [0.15, 0.2) is 42.5 Å². The van der Waals surface area contributed by atoms with Crippen molar-refractivity contribution in [2.45, 2.75) is 33.4 Å². The molecule has 0 saturated carbocycles. The first-order valence-electron chi connectivity index (χ1n) is 7.86. The zero-order valence-electron chi connectivity index (χ0n) is 13.7. The molecule has 1 aliphatic rings. The standard InChI is InChI=1S/C19H21FN2O/c1-13-8-9-16(10-17(13)20)12-21-11-14(2)22(15(3)23)19-7-5-4-6-18(19)21/h4-10,14H,11-12H2,1-3H3/t14-/m0/s1. The fraction of sp³-hybridized carbons (Fsp3) is 0.316. The Kier molecular flexibility index (Phi) is 4.07. The van der Waals surface area contributed by atoms with E-state index in [1.54, 1.807) is 19.9 Å². The highest BCUT2D eigenvalue weighted by atomic mass is 19.1. The van der Waals surface area contributed by atoms with Crippen molar-refractivity contribution < 1.29 is 9.18 Å². The highest BCUT2D eigenvalue weighted by Gasteiger charge is 2.30. The molecule has 0 aromatic heterocycles. The molecule has 2 aromatic rings. The van der Waals surface area contributed by atoms with Gasteiger partial charge in [-0.15, -0.1) is 0 Å². The minimum Gasteiger partial charge on any atom is -0.363 e. The second-order valence-corrected chi connectivity index (χ2v) is 6.19. The smallest absolute Gasteiger partial charge is 0.224 e. The highest BCUT2D eigenvalue weighted by Crippen LogP contribution is 2.36. The third kappa shape index (κ3) is 2.93. The quantitative estimate of drug-likeness (QED) is 0.840. The lowest BCUT2D eigenvalue weighted by atomic mass is 10.1. The van der Waals surface area contributed by atoms with E-state index in [-0.39, 0.29) is 17.8 Å². The number of halogens is 1. The van der Waals surface area contributed by atoms with Gasteiger partial charge in [-0.3, -0.25) is 4.79 Å². The molecule has 23 heavy (non-hydrogen) atoms. The Hall–Kier alpha value is -2.36. The molecule has 0 bridgehead atoms. The predicted octanol–water partition coefficient (Wildman–Crippen LogP) is 3.90. The van der Waals surface area contributed by atoms with Crippen LogP contribution in [-0.2, 0) is 11.3 Å². The fourth-order valence-electron chi connectivity index (χ4n) is 3.26. The van der Waals surface area contributed by atoms with Gasteiger partial charge >= 0.3 is 0 Å². The number of hydrogen-bond acceptors (Lipinski definition) is 2. The van der Waals surface area contributed by atoms with Gasteiger partial charge in [0.15, 0.2) is 0 Å². The molecule has 0 aliphatic carbocycles. The van der Waals surface area contributed by atoms with E-state index >= 15 is 0 Å². The minimum absolute atomic E-state index is 0.0472. The van der Waals surface area contributed by atoms with E-state index in [0.717, 1.165) is 23.5 Å². The number of nitrogens with zero attached hydrogens (tertiary/aromatic N) is 2. The van der Waals surface area contributed by atoms with E-state index in [1.165, 1.54) is 0 Å². The predicted molar refractivity (Wildman–Crippen MR) is 91.3 cm³/mol. The Balaban J connectivity index is 1.95. The lowest BCUT2D eigenvalue weighted by molar-refractivity contribution is -0.117. The van der Waals surface area contributed by atoms with E-state index in [9.17, 15) is 9.18 Å². The van der Waals surface area contributed by atoms with Crippen LogP contribution in [0.5, 0.6) is 0 Å². The third-order valence-corrected chi connectivity index (χ3v) is 4.36. The van der Waals surface area contributed by atoms with Crippen molar-refractivity contribution in [2.24, 2.45) is 0 Å². The van der Waals surface area contributed by atoms with Crippen molar-refractivity contribution in [1.29, 1.82) is 0 Å². The Morgan fingerprint density at radius 3 is 2.57 bits per heavy atom. The average Bonchev–Trinajstić information content (AvgIpc) is 2.50. The number of carbonyl (C=O) groups excluding carboxylic acids is 1. The average molecular weight is 312 g/mol. The first-order chi connectivity index (χ1) is 11.0. The summed E-state index contributed by atoms with van der Waals surface area (Å²) in [6, 6.07) is 13.3. The second-order valence-electron chi connectivity index (χ2n) is 6.19. The summed E-state index contributed by atoms with van der Waals surface area (Å²) in [5, 5.41) is 0. The largest absolute Gasteiger partial charge is 0.363 e. The molecule has 1 atom stereocenters. The van der Waals surface area contributed by atoms with Gasteiger partial charge in [-0.05, 0) is 43.2 Å². The maximum Gasteiger partial charge on any atom is 0.224 e.